The molecule has 0 fully saturated rings. The van der Waals surface area contributed by atoms with Gasteiger partial charge in [0.05, 0.1) is 6.20 Å². The average Bonchev–Trinajstić information content (AvgIpc) is 2.67. The van der Waals surface area contributed by atoms with Gasteiger partial charge in [0.15, 0.2) is 5.82 Å². The largest absolute Gasteiger partial charge is 0.252 e. The van der Waals surface area contributed by atoms with Crippen molar-refractivity contribution in [1.82, 2.24) is 19.7 Å². The second-order valence-corrected chi connectivity index (χ2v) is 2.46. The molecule has 0 N–H and O–H groups in total. The van der Waals surface area contributed by atoms with Gasteiger partial charge in [-0.05, 0) is 12.1 Å². The number of nitrogens with zero attached hydrogens (tertiary/aromatic N) is 5. The van der Waals surface area contributed by atoms with Crippen LogP contribution in [-0.2, 0) is 0 Å². The van der Waals surface area contributed by atoms with Crippen LogP contribution in [0, 0.1) is 17.1 Å². The lowest BCUT2D eigenvalue weighted by molar-refractivity contribution is 0.619. The molecule has 0 aromatic carbocycles. The van der Waals surface area contributed by atoms with Gasteiger partial charge in [-0.3, -0.25) is 0 Å². The molecule has 68 valence electrons. The molecule has 0 bridgehead atoms. The summed E-state index contributed by atoms with van der Waals surface area (Å²) in [7, 11) is 0. The van der Waals surface area contributed by atoms with Crippen LogP contribution in [0.3, 0.4) is 0 Å². The zero-order chi connectivity index (χ0) is 9.97. The molecule has 0 saturated carbocycles. The number of rotatable bonds is 1. The Morgan fingerprint density at radius 3 is 2.79 bits per heavy atom. The third-order valence-corrected chi connectivity index (χ3v) is 1.54. The van der Waals surface area contributed by atoms with Crippen LogP contribution in [0.25, 0.3) is 5.82 Å². The molecule has 5 nitrogen and oxygen atoms in total. The van der Waals surface area contributed by atoms with E-state index in [1.54, 1.807) is 6.07 Å². The highest BCUT2D eigenvalue weighted by atomic mass is 19.1. The maximum atomic E-state index is 12.5. The number of hydrogen-bond acceptors (Lipinski definition) is 4. The molecule has 2 rings (SSSR count). The second-order valence-electron chi connectivity index (χ2n) is 2.46. The van der Waals surface area contributed by atoms with Crippen LogP contribution in [0.15, 0.2) is 24.7 Å². The van der Waals surface area contributed by atoms with Gasteiger partial charge in [-0.1, -0.05) is 0 Å². The molecule has 0 aliphatic rings. The summed E-state index contributed by atoms with van der Waals surface area (Å²) in [5.41, 5.74) is 0. The van der Waals surface area contributed by atoms with E-state index >= 15 is 0 Å². The van der Waals surface area contributed by atoms with Crippen molar-refractivity contribution in [3.8, 4) is 11.9 Å². The lowest BCUT2D eigenvalue weighted by Crippen LogP contribution is -1.98. The number of hydrogen-bond donors (Lipinski definition) is 0. The van der Waals surface area contributed by atoms with Crippen LogP contribution in [-0.4, -0.2) is 19.7 Å². The minimum Gasteiger partial charge on any atom is -0.234 e. The summed E-state index contributed by atoms with van der Waals surface area (Å²) in [6.07, 6.45) is 2.42. The van der Waals surface area contributed by atoms with Gasteiger partial charge in [-0.25, -0.2) is 19.0 Å². The zero-order valence-corrected chi connectivity index (χ0v) is 6.92. The Kier molecular flexibility index (Phi) is 1.91. The first-order valence-electron chi connectivity index (χ1n) is 3.73. The van der Waals surface area contributed by atoms with E-state index in [4.69, 9.17) is 5.26 Å². The predicted molar refractivity (Wildman–Crippen MR) is 43.8 cm³/mol. The lowest BCUT2D eigenvalue weighted by Gasteiger charge is -1.96. The van der Waals surface area contributed by atoms with Gasteiger partial charge in [0, 0.05) is 0 Å². The molecular weight excluding hydrogens is 185 g/mol. The van der Waals surface area contributed by atoms with Crippen molar-refractivity contribution < 1.29 is 4.39 Å². The minimum absolute atomic E-state index is 0.0520. The van der Waals surface area contributed by atoms with Crippen molar-refractivity contribution in [2.75, 3.05) is 0 Å². The van der Waals surface area contributed by atoms with Crippen LogP contribution in [0.5, 0.6) is 0 Å². The van der Waals surface area contributed by atoms with Gasteiger partial charge < -0.3 is 0 Å². The van der Waals surface area contributed by atoms with Gasteiger partial charge in [-0.15, -0.1) is 5.10 Å². The highest BCUT2D eigenvalue weighted by molar-refractivity contribution is 5.21. The third-order valence-electron chi connectivity index (χ3n) is 1.54. The van der Waals surface area contributed by atoms with E-state index in [-0.39, 0.29) is 5.82 Å². The predicted octanol–water partition coefficient (Wildman–Crippen LogP) is 0.673. The Bertz CT molecular complexity index is 481. The van der Waals surface area contributed by atoms with E-state index < -0.39 is 5.82 Å². The van der Waals surface area contributed by atoms with Gasteiger partial charge in [0.2, 0.25) is 0 Å². The van der Waals surface area contributed by atoms with E-state index in [0.29, 0.717) is 5.82 Å². The molecule has 0 unspecified atom stereocenters. The number of aromatic nitrogens is 4. The molecule has 0 aliphatic carbocycles. The van der Waals surface area contributed by atoms with E-state index in [1.807, 2.05) is 0 Å². The molecule has 0 amide bonds. The first-order chi connectivity index (χ1) is 6.79. The average molecular weight is 189 g/mol. The molecule has 14 heavy (non-hydrogen) atoms. The first-order valence-corrected chi connectivity index (χ1v) is 3.73. The maximum absolute atomic E-state index is 12.5. The summed E-state index contributed by atoms with van der Waals surface area (Å²) < 4.78 is 13.8. The van der Waals surface area contributed by atoms with Crippen LogP contribution < -0.4 is 0 Å². The van der Waals surface area contributed by atoms with Crippen molar-refractivity contribution in [2.45, 2.75) is 0 Å². The lowest BCUT2D eigenvalue weighted by atomic mass is 10.4. The quantitative estimate of drug-likeness (QED) is 0.661. The summed E-state index contributed by atoms with van der Waals surface area (Å²) in [4.78, 5) is 7.46. The fraction of sp³-hybridized carbons (Fsp3) is 0. The van der Waals surface area contributed by atoms with E-state index in [1.165, 1.54) is 23.1 Å². The Labute approximate surface area is 78.5 Å². The van der Waals surface area contributed by atoms with E-state index in [0.717, 1.165) is 6.20 Å². The Hall–Kier alpha value is -2.29. The zero-order valence-electron chi connectivity index (χ0n) is 6.92. The topological polar surface area (TPSA) is 67.4 Å². The molecule has 0 spiro atoms. The smallest absolute Gasteiger partial charge is 0.234 e. The van der Waals surface area contributed by atoms with Gasteiger partial charge in [0.1, 0.15) is 18.2 Å². The number of nitriles is 1. The van der Waals surface area contributed by atoms with Gasteiger partial charge >= 0.3 is 0 Å². The van der Waals surface area contributed by atoms with Crippen LogP contribution in [0.2, 0.25) is 0 Å². The Morgan fingerprint density at radius 1 is 1.36 bits per heavy atom. The summed E-state index contributed by atoms with van der Waals surface area (Å²) in [5, 5.41) is 12.3. The minimum atomic E-state index is -0.422. The number of halogens is 1. The Balaban J connectivity index is 2.40. The SMILES string of the molecule is N#Cc1ncn(-c2ccc(F)cn2)n1. The molecule has 6 heteroatoms. The van der Waals surface area contributed by atoms with Crippen molar-refractivity contribution in [1.29, 1.82) is 5.26 Å². The second kappa shape index (κ2) is 3.22. The summed E-state index contributed by atoms with van der Waals surface area (Å²) in [6, 6.07) is 4.49. The normalized spacial score (nSPS) is 9.71. The van der Waals surface area contributed by atoms with Crippen molar-refractivity contribution >= 4 is 0 Å². The highest BCUT2D eigenvalue weighted by Gasteiger charge is 2.02. The third kappa shape index (κ3) is 1.43. The molecule has 2 aromatic heterocycles. The van der Waals surface area contributed by atoms with Crippen LogP contribution in [0.1, 0.15) is 5.82 Å². The van der Waals surface area contributed by atoms with Crippen LogP contribution in [0.4, 0.5) is 4.39 Å². The van der Waals surface area contributed by atoms with Crippen molar-refractivity contribution in [2.24, 2.45) is 0 Å². The van der Waals surface area contributed by atoms with Crippen molar-refractivity contribution in [3.63, 3.8) is 0 Å². The number of pyridine rings is 1. The Morgan fingerprint density at radius 2 is 2.21 bits per heavy atom. The fourth-order valence-electron chi connectivity index (χ4n) is 0.928. The monoisotopic (exact) mass is 189 g/mol. The highest BCUT2D eigenvalue weighted by Crippen LogP contribution is 2.02. The molecule has 0 saturated heterocycles. The molecule has 0 aliphatic heterocycles. The molecular formula is C8H4FN5. The van der Waals surface area contributed by atoms with E-state index in [9.17, 15) is 4.39 Å². The van der Waals surface area contributed by atoms with Gasteiger partial charge in [-0.2, -0.15) is 5.26 Å². The standard InChI is InChI=1S/C8H4FN5/c9-6-1-2-8(11-4-6)14-5-12-7(3-10)13-14/h1-2,4-5H. The summed E-state index contributed by atoms with van der Waals surface area (Å²) >= 11 is 0. The summed E-state index contributed by atoms with van der Waals surface area (Å²) in [6.45, 7) is 0. The summed E-state index contributed by atoms with van der Waals surface area (Å²) in [5.74, 6) is 0.0471. The fourth-order valence-corrected chi connectivity index (χ4v) is 0.928. The van der Waals surface area contributed by atoms with Crippen LogP contribution >= 0.6 is 0 Å². The molecule has 2 heterocycles. The molecule has 0 radical (unpaired) electrons. The molecule has 2 aromatic rings. The maximum Gasteiger partial charge on any atom is 0.252 e. The van der Waals surface area contributed by atoms with Crippen molar-refractivity contribution in [3.05, 3.63) is 36.3 Å². The van der Waals surface area contributed by atoms with E-state index in [2.05, 4.69) is 15.1 Å². The first kappa shape index (κ1) is 8.31. The van der Waals surface area contributed by atoms with Gasteiger partial charge in [0.25, 0.3) is 5.82 Å². The molecule has 0 atom stereocenters.